The first-order chi connectivity index (χ1) is 9.49. The van der Waals surface area contributed by atoms with Gasteiger partial charge in [-0.15, -0.1) is 24.0 Å². The van der Waals surface area contributed by atoms with Gasteiger partial charge in [0.05, 0.1) is 19.8 Å². The van der Waals surface area contributed by atoms with Gasteiger partial charge in [0.1, 0.15) is 0 Å². The Morgan fingerprint density at radius 3 is 2.57 bits per heavy atom. The second-order valence-corrected chi connectivity index (χ2v) is 6.78. The molecule has 0 spiro atoms. The van der Waals surface area contributed by atoms with Crippen LogP contribution in [0.25, 0.3) is 0 Å². The summed E-state index contributed by atoms with van der Waals surface area (Å²) < 4.78 is 5.34. The predicted octanol–water partition coefficient (Wildman–Crippen LogP) is 1.76. The number of rotatable bonds is 3. The molecule has 1 unspecified atom stereocenters. The lowest BCUT2D eigenvalue weighted by atomic mass is 9.94. The highest BCUT2D eigenvalue weighted by atomic mass is 127. The quantitative estimate of drug-likeness (QED) is 0.438. The van der Waals surface area contributed by atoms with Gasteiger partial charge in [-0.3, -0.25) is 9.89 Å². The second-order valence-electron chi connectivity index (χ2n) is 6.78. The van der Waals surface area contributed by atoms with Crippen LogP contribution in [0.5, 0.6) is 0 Å². The molecule has 0 aromatic heterocycles. The fourth-order valence-electron chi connectivity index (χ4n) is 3.01. The van der Waals surface area contributed by atoms with Crippen LogP contribution in [0.2, 0.25) is 0 Å². The van der Waals surface area contributed by atoms with E-state index in [-0.39, 0.29) is 29.5 Å². The number of piperidine rings is 1. The standard InChI is InChI=1S/C15H30N4O.HI/c1-13-5-4-6-19(11-13)15(2,3)12-17-14(16)18-7-9-20-10-8-18;/h13H,4-12H2,1-3H3,(H2,16,17);1H. The van der Waals surface area contributed by atoms with Crippen molar-refractivity contribution in [2.75, 3.05) is 45.9 Å². The first-order valence-electron chi connectivity index (χ1n) is 7.87. The number of halogens is 1. The minimum Gasteiger partial charge on any atom is -0.378 e. The van der Waals surface area contributed by atoms with Crippen LogP contribution >= 0.6 is 24.0 Å². The van der Waals surface area contributed by atoms with E-state index in [1.54, 1.807) is 0 Å². The summed E-state index contributed by atoms with van der Waals surface area (Å²) in [5, 5.41) is 0. The van der Waals surface area contributed by atoms with Gasteiger partial charge in [0.2, 0.25) is 0 Å². The normalized spacial score (nSPS) is 25.6. The van der Waals surface area contributed by atoms with E-state index in [0.29, 0.717) is 5.96 Å². The first kappa shape index (κ1) is 19.0. The smallest absolute Gasteiger partial charge is 0.191 e. The molecule has 2 rings (SSSR count). The fourth-order valence-corrected chi connectivity index (χ4v) is 3.01. The topological polar surface area (TPSA) is 54.1 Å². The van der Waals surface area contributed by atoms with Gasteiger partial charge in [-0.25, -0.2) is 0 Å². The van der Waals surface area contributed by atoms with Crippen molar-refractivity contribution in [3.05, 3.63) is 0 Å². The zero-order valence-corrected chi connectivity index (χ0v) is 16.0. The third-order valence-corrected chi connectivity index (χ3v) is 4.48. The molecule has 0 bridgehead atoms. The molecule has 2 N–H and O–H groups in total. The maximum absolute atomic E-state index is 6.11. The number of nitrogens with zero attached hydrogens (tertiary/aromatic N) is 3. The molecule has 5 nitrogen and oxygen atoms in total. The molecule has 1 atom stereocenters. The van der Waals surface area contributed by atoms with E-state index in [0.717, 1.165) is 38.8 Å². The highest BCUT2D eigenvalue weighted by Crippen LogP contribution is 2.24. The van der Waals surface area contributed by atoms with Crippen molar-refractivity contribution in [1.29, 1.82) is 0 Å². The average molecular weight is 410 g/mol. The van der Waals surface area contributed by atoms with E-state index in [1.807, 2.05) is 0 Å². The molecule has 21 heavy (non-hydrogen) atoms. The molecule has 2 saturated heterocycles. The van der Waals surface area contributed by atoms with Gasteiger partial charge in [0, 0.05) is 25.2 Å². The number of nitrogens with two attached hydrogens (primary N) is 1. The van der Waals surface area contributed by atoms with Crippen LogP contribution in [0.15, 0.2) is 4.99 Å². The van der Waals surface area contributed by atoms with Crippen molar-refractivity contribution in [3.63, 3.8) is 0 Å². The summed E-state index contributed by atoms with van der Waals surface area (Å²) in [6, 6.07) is 0. The fraction of sp³-hybridized carbons (Fsp3) is 0.933. The molecule has 6 heteroatoms. The van der Waals surface area contributed by atoms with Crippen LogP contribution in [-0.2, 0) is 4.74 Å². The average Bonchev–Trinajstić information content (AvgIpc) is 2.46. The maximum Gasteiger partial charge on any atom is 0.191 e. The van der Waals surface area contributed by atoms with Crippen molar-refractivity contribution in [2.45, 2.75) is 39.2 Å². The number of morpholine rings is 1. The number of ether oxygens (including phenoxy) is 1. The summed E-state index contributed by atoms with van der Waals surface area (Å²) in [4.78, 5) is 9.33. The molecule has 124 valence electrons. The molecular formula is C15H31IN4O. The zero-order valence-electron chi connectivity index (χ0n) is 13.7. The molecule has 0 aliphatic carbocycles. The Morgan fingerprint density at radius 1 is 1.29 bits per heavy atom. The van der Waals surface area contributed by atoms with Gasteiger partial charge in [0.25, 0.3) is 0 Å². The van der Waals surface area contributed by atoms with Crippen molar-refractivity contribution in [3.8, 4) is 0 Å². The predicted molar refractivity (Wildman–Crippen MR) is 98.3 cm³/mol. The number of hydrogen-bond acceptors (Lipinski definition) is 3. The summed E-state index contributed by atoms with van der Waals surface area (Å²) in [6.07, 6.45) is 2.65. The largest absolute Gasteiger partial charge is 0.378 e. The van der Waals surface area contributed by atoms with Crippen molar-refractivity contribution in [2.24, 2.45) is 16.6 Å². The summed E-state index contributed by atoms with van der Waals surface area (Å²) in [5.41, 5.74) is 6.20. The van der Waals surface area contributed by atoms with Crippen LogP contribution in [-0.4, -0.2) is 67.2 Å². The third kappa shape index (κ3) is 5.56. The number of aliphatic imine (C=N–C) groups is 1. The Hall–Kier alpha value is -0.0800. The highest BCUT2D eigenvalue weighted by molar-refractivity contribution is 14.0. The number of guanidine groups is 1. The van der Waals surface area contributed by atoms with Crippen LogP contribution in [0.3, 0.4) is 0 Å². The minimum absolute atomic E-state index is 0. The second kappa shape index (κ2) is 8.53. The van der Waals surface area contributed by atoms with Crippen LogP contribution in [0, 0.1) is 5.92 Å². The third-order valence-electron chi connectivity index (χ3n) is 4.48. The monoisotopic (exact) mass is 410 g/mol. The lowest BCUT2D eigenvalue weighted by Crippen LogP contribution is -2.51. The molecule has 0 radical (unpaired) electrons. The highest BCUT2D eigenvalue weighted by Gasteiger charge is 2.30. The number of hydrogen-bond donors (Lipinski definition) is 1. The van der Waals surface area contributed by atoms with E-state index in [4.69, 9.17) is 10.5 Å². The Bertz CT molecular complexity index is 343. The summed E-state index contributed by atoms with van der Waals surface area (Å²) in [5.74, 6) is 1.47. The molecule has 2 aliphatic heterocycles. The zero-order chi connectivity index (χ0) is 14.6. The molecule has 2 aliphatic rings. The minimum atomic E-state index is 0. The lowest BCUT2D eigenvalue weighted by Gasteiger charge is -2.42. The first-order valence-corrected chi connectivity index (χ1v) is 7.87. The van der Waals surface area contributed by atoms with Crippen LogP contribution in [0.1, 0.15) is 33.6 Å². The van der Waals surface area contributed by atoms with E-state index >= 15 is 0 Å². The molecule has 2 heterocycles. The Morgan fingerprint density at radius 2 is 1.95 bits per heavy atom. The van der Waals surface area contributed by atoms with Gasteiger partial charge in [-0.05, 0) is 39.2 Å². The lowest BCUT2D eigenvalue weighted by molar-refractivity contribution is 0.0657. The van der Waals surface area contributed by atoms with Crippen LogP contribution < -0.4 is 5.73 Å². The molecular weight excluding hydrogens is 379 g/mol. The van der Waals surface area contributed by atoms with E-state index in [9.17, 15) is 0 Å². The molecule has 2 fully saturated rings. The Balaban J connectivity index is 0.00000220. The van der Waals surface area contributed by atoms with Crippen molar-refractivity contribution >= 4 is 29.9 Å². The van der Waals surface area contributed by atoms with Crippen molar-refractivity contribution in [1.82, 2.24) is 9.80 Å². The van der Waals surface area contributed by atoms with E-state index in [2.05, 4.69) is 35.6 Å². The Kier molecular flexibility index (Phi) is 7.70. The summed E-state index contributed by atoms with van der Waals surface area (Å²) in [6.45, 7) is 13.3. The van der Waals surface area contributed by atoms with Gasteiger partial charge >= 0.3 is 0 Å². The summed E-state index contributed by atoms with van der Waals surface area (Å²) in [7, 11) is 0. The SMILES string of the molecule is CC1CCCN(C(C)(C)CN=C(N)N2CCOCC2)C1.I. The van der Waals surface area contributed by atoms with Gasteiger partial charge in [-0.2, -0.15) is 0 Å². The van der Waals surface area contributed by atoms with E-state index in [1.165, 1.54) is 25.9 Å². The van der Waals surface area contributed by atoms with Gasteiger partial charge in [-0.1, -0.05) is 6.92 Å². The molecule has 0 aromatic rings. The summed E-state index contributed by atoms with van der Waals surface area (Å²) >= 11 is 0. The molecule has 0 amide bonds. The van der Waals surface area contributed by atoms with E-state index < -0.39 is 0 Å². The van der Waals surface area contributed by atoms with Gasteiger partial charge < -0.3 is 15.4 Å². The maximum atomic E-state index is 6.11. The van der Waals surface area contributed by atoms with Gasteiger partial charge in [0.15, 0.2) is 5.96 Å². The molecule has 0 saturated carbocycles. The van der Waals surface area contributed by atoms with Crippen molar-refractivity contribution < 1.29 is 4.74 Å². The number of likely N-dealkylation sites (tertiary alicyclic amines) is 1. The van der Waals surface area contributed by atoms with Crippen LogP contribution in [0.4, 0.5) is 0 Å². The molecule has 0 aromatic carbocycles. The Labute approximate surface area is 146 Å².